The van der Waals surface area contributed by atoms with E-state index >= 15 is 0 Å². The molecule has 0 fully saturated rings. The second-order valence-corrected chi connectivity index (χ2v) is 5.07. The number of nitriles is 1. The molecule has 1 atom stereocenters. The number of nitro benzene ring substituents is 1. The maximum atomic E-state index is 10.8. The molecule has 0 aliphatic carbocycles. The van der Waals surface area contributed by atoms with Gasteiger partial charge in [0.1, 0.15) is 5.41 Å². The number of rotatable bonds is 4. The highest BCUT2D eigenvalue weighted by atomic mass is 35.5. The predicted molar refractivity (Wildman–Crippen MR) is 81.2 cm³/mol. The molecule has 0 heterocycles. The fraction of sp³-hybridized carbons (Fsp3) is 0.188. The summed E-state index contributed by atoms with van der Waals surface area (Å²) in [6, 6.07) is 15.9. The van der Waals surface area contributed by atoms with Crippen LogP contribution in [0.2, 0.25) is 5.02 Å². The first kappa shape index (κ1) is 15.0. The van der Waals surface area contributed by atoms with Crippen LogP contribution in [0.3, 0.4) is 0 Å². The minimum atomic E-state index is -0.909. The molecule has 0 saturated carbocycles. The number of non-ortho nitro benzene ring substituents is 1. The molecule has 0 bridgehead atoms. The summed E-state index contributed by atoms with van der Waals surface area (Å²) < 4.78 is 0. The van der Waals surface area contributed by atoms with E-state index in [-0.39, 0.29) is 10.7 Å². The molecule has 0 spiro atoms. The van der Waals surface area contributed by atoms with Crippen LogP contribution in [0.4, 0.5) is 5.69 Å². The van der Waals surface area contributed by atoms with Crippen molar-refractivity contribution in [2.45, 2.75) is 18.8 Å². The van der Waals surface area contributed by atoms with E-state index in [9.17, 15) is 15.4 Å². The Bertz CT molecular complexity index is 710. The van der Waals surface area contributed by atoms with Crippen LogP contribution in [0, 0.1) is 21.4 Å². The molecule has 21 heavy (non-hydrogen) atoms. The number of nitro groups is 1. The molecule has 0 saturated heterocycles. The highest BCUT2D eigenvalue weighted by Crippen LogP contribution is 2.39. The summed E-state index contributed by atoms with van der Waals surface area (Å²) in [4.78, 5) is 10.3. The van der Waals surface area contributed by atoms with Gasteiger partial charge in [0.15, 0.2) is 0 Å². The summed E-state index contributed by atoms with van der Waals surface area (Å²) in [5.74, 6) is 0. The Hall–Kier alpha value is -2.38. The molecule has 5 heteroatoms. The first-order chi connectivity index (χ1) is 10.0. The van der Waals surface area contributed by atoms with Crippen LogP contribution in [-0.4, -0.2) is 4.92 Å². The zero-order valence-corrected chi connectivity index (χ0v) is 12.2. The van der Waals surface area contributed by atoms with Gasteiger partial charge in [-0.15, -0.1) is 0 Å². The largest absolute Gasteiger partial charge is 0.270 e. The van der Waals surface area contributed by atoms with Crippen LogP contribution in [0.1, 0.15) is 24.5 Å². The van der Waals surface area contributed by atoms with Crippen LogP contribution in [0.5, 0.6) is 0 Å². The first-order valence-electron chi connectivity index (χ1n) is 6.46. The highest BCUT2D eigenvalue weighted by molar-refractivity contribution is 6.31. The molecule has 0 aliphatic heterocycles. The van der Waals surface area contributed by atoms with Crippen LogP contribution >= 0.6 is 11.6 Å². The van der Waals surface area contributed by atoms with Crippen molar-refractivity contribution in [2.24, 2.45) is 0 Å². The zero-order chi connectivity index (χ0) is 15.5. The zero-order valence-electron chi connectivity index (χ0n) is 11.4. The molecule has 0 amide bonds. The van der Waals surface area contributed by atoms with Gasteiger partial charge in [-0.2, -0.15) is 5.26 Å². The number of halogens is 1. The quantitative estimate of drug-likeness (QED) is 0.618. The Kier molecular flexibility index (Phi) is 4.25. The monoisotopic (exact) mass is 300 g/mol. The standard InChI is InChI=1S/C16H13ClN2O2/c1-2-16(11-18,12-6-4-3-5-7-12)14-9-8-13(19(20)21)10-15(14)17/h3-10H,2H2,1H3/t16-/m0/s1. The van der Waals surface area contributed by atoms with Gasteiger partial charge in [0, 0.05) is 12.1 Å². The molecule has 0 radical (unpaired) electrons. The van der Waals surface area contributed by atoms with Crippen molar-refractivity contribution in [3.05, 3.63) is 74.8 Å². The summed E-state index contributed by atoms with van der Waals surface area (Å²) >= 11 is 6.21. The summed E-state index contributed by atoms with van der Waals surface area (Å²) in [6.45, 7) is 1.90. The van der Waals surface area contributed by atoms with Crippen LogP contribution in [0.25, 0.3) is 0 Å². The van der Waals surface area contributed by atoms with Gasteiger partial charge in [-0.05, 0) is 23.6 Å². The van der Waals surface area contributed by atoms with E-state index in [0.717, 1.165) is 5.56 Å². The van der Waals surface area contributed by atoms with Gasteiger partial charge in [-0.25, -0.2) is 0 Å². The van der Waals surface area contributed by atoms with Gasteiger partial charge >= 0.3 is 0 Å². The molecule has 0 N–H and O–H groups in total. The van der Waals surface area contributed by atoms with E-state index < -0.39 is 10.3 Å². The molecule has 2 aromatic carbocycles. The maximum absolute atomic E-state index is 10.8. The fourth-order valence-corrected chi connectivity index (χ4v) is 2.78. The lowest BCUT2D eigenvalue weighted by Gasteiger charge is -2.27. The number of nitrogens with zero attached hydrogens (tertiary/aromatic N) is 2. The van der Waals surface area contributed by atoms with Crippen molar-refractivity contribution >= 4 is 17.3 Å². The molecule has 4 nitrogen and oxygen atoms in total. The number of hydrogen-bond acceptors (Lipinski definition) is 3. The number of benzene rings is 2. The van der Waals surface area contributed by atoms with E-state index in [2.05, 4.69) is 6.07 Å². The molecule has 2 aromatic rings. The van der Waals surface area contributed by atoms with Gasteiger partial charge in [-0.3, -0.25) is 10.1 Å². The smallest absolute Gasteiger partial charge is 0.258 e. The van der Waals surface area contributed by atoms with E-state index in [0.29, 0.717) is 12.0 Å². The van der Waals surface area contributed by atoms with E-state index in [1.54, 1.807) is 6.07 Å². The minimum absolute atomic E-state index is 0.0836. The van der Waals surface area contributed by atoms with E-state index in [1.807, 2.05) is 37.3 Å². The van der Waals surface area contributed by atoms with Crippen LogP contribution in [0.15, 0.2) is 48.5 Å². The van der Waals surface area contributed by atoms with Crippen molar-refractivity contribution in [3.63, 3.8) is 0 Å². The molecule has 0 aliphatic rings. The predicted octanol–water partition coefficient (Wildman–Crippen LogP) is 4.47. The lowest BCUT2D eigenvalue weighted by Crippen LogP contribution is -2.25. The van der Waals surface area contributed by atoms with Gasteiger partial charge in [0.25, 0.3) is 5.69 Å². The third-order valence-electron chi connectivity index (χ3n) is 3.61. The third-order valence-corrected chi connectivity index (χ3v) is 3.92. The molecule has 2 rings (SSSR count). The third kappa shape index (κ3) is 2.61. The number of hydrogen-bond donors (Lipinski definition) is 0. The van der Waals surface area contributed by atoms with E-state index in [4.69, 9.17) is 11.6 Å². The fourth-order valence-electron chi connectivity index (χ4n) is 2.44. The molecule has 0 aromatic heterocycles. The minimum Gasteiger partial charge on any atom is -0.258 e. The van der Waals surface area contributed by atoms with Crippen molar-refractivity contribution in [3.8, 4) is 6.07 Å². The summed E-state index contributed by atoms with van der Waals surface area (Å²) in [5.41, 5.74) is 0.421. The first-order valence-corrected chi connectivity index (χ1v) is 6.84. The lowest BCUT2D eigenvalue weighted by atomic mass is 9.73. The average molecular weight is 301 g/mol. The molecular weight excluding hydrogens is 288 g/mol. The van der Waals surface area contributed by atoms with Crippen molar-refractivity contribution in [2.75, 3.05) is 0 Å². The van der Waals surface area contributed by atoms with Crippen molar-refractivity contribution in [1.82, 2.24) is 0 Å². The van der Waals surface area contributed by atoms with E-state index in [1.165, 1.54) is 12.1 Å². The topological polar surface area (TPSA) is 66.9 Å². The second kappa shape index (κ2) is 5.94. The lowest BCUT2D eigenvalue weighted by molar-refractivity contribution is -0.384. The second-order valence-electron chi connectivity index (χ2n) is 4.66. The Morgan fingerprint density at radius 1 is 1.29 bits per heavy atom. The highest BCUT2D eigenvalue weighted by Gasteiger charge is 2.35. The Balaban J connectivity index is 2.65. The van der Waals surface area contributed by atoms with Crippen molar-refractivity contribution < 1.29 is 4.92 Å². The molecule has 106 valence electrons. The van der Waals surface area contributed by atoms with Gasteiger partial charge < -0.3 is 0 Å². The normalized spacial score (nSPS) is 13.2. The van der Waals surface area contributed by atoms with Gasteiger partial charge in [-0.1, -0.05) is 48.9 Å². The van der Waals surface area contributed by atoms with Crippen LogP contribution in [-0.2, 0) is 5.41 Å². The maximum Gasteiger partial charge on any atom is 0.270 e. The van der Waals surface area contributed by atoms with Crippen LogP contribution < -0.4 is 0 Å². The van der Waals surface area contributed by atoms with Crippen molar-refractivity contribution in [1.29, 1.82) is 5.26 Å². The summed E-state index contributed by atoms with van der Waals surface area (Å²) in [5, 5.41) is 20.8. The Labute approximate surface area is 127 Å². The molecule has 0 unspecified atom stereocenters. The SMILES string of the molecule is CC[C@](C#N)(c1ccccc1)c1ccc([N+](=O)[O-])cc1Cl. The Morgan fingerprint density at radius 2 is 1.95 bits per heavy atom. The van der Waals surface area contributed by atoms with Gasteiger partial charge in [0.2, 0.25) is 0 Å². The molecular formula is C16H13ClN2O2. The summed E-state index contributed by atoms with van der Waals surface area (Å²) in [6.07, 6.45) is 0.519. The Morgan fingerprint density at radius 3 is 2.43 bits per heavy atom. The summed E-state index contributed by atoms with van der Waals surface area (Å²) in [7, 11) is 0. The average Bonchev–Trinajstić information content (AvgIpc) is 2.51. The van der Waals surface area contributed by atoms with Gasteiger partial charge in [0.05, 0.1) is 16.0 Å².